The first kappa shape index (κ1) is 16.4. The lowest BCUT2D eigenvalue weighted by Crippen LogP contribution is -2.29. The van der Waals surface area contributed by atoms with Crippen LogP contribution in [0, 0.1) is 11.8 Å². The monoisotopic (exact) mass is 311 g/mol. The molecule has 0 spiro atoms. The molecule has 2 N–H and O–H groups in total. The molecule has 0 aromatic heterocycles. The minimum atomic E-state index is 0.246. The minimum absolute atomic E-state index is 0.246. The highest BCUT2D eigenvalue weighted by atomic mass is 35.5. The van der Waals surface area contributed by atoms with E-state index in [1.807, 2.05) is 12.1 Å². The van der Waals surface area contributed by atoms with Crippen LogP contribution >= 0.6 is 11.6 Å². The maximum Gasteiger partial charge on any atom is 0.164 e. The molecule has 0 aliphatic heterocycles. The van der Waals surface area contributed by atoms with Crippen molar-refractivity contribution in [2.45, 2.75) is 45.6 Å². The molecule has 1 aliphatic rings. The Bertz CT molecular complexity index is 468. The van der Waals surface area contributed by atoms with Crippen LogP contribution in [0.5, 0.6) is 11.5 Å². The molecule has 2 unspecified atom stereocenters. The normalized spacial score (nSPS) is 25.7. The minimum Gasteiger partial charge on any atom is -0.493 e. The Balaban J connectivity index is 2.24. The van der Waals surface area contributed by atoms with E-state index in [1.165, 1.54) is 6.42 Å². The van der Waals surface area contributed by atoms with E-state index in [0.29, 0.717) is 29.2 Å². The molecule has 2 atom stereocenters. The van der Waals surface area contributed by atoms with Gasteiger partial charge in [0.25, 0.3) is 0 Å². The van der Waals surface area contributed by atoms with Gasteiger partial charge in [-0.1, -0.05) is 25.4 Å². The summed E-state index contributed by atoms with van der Waals surface area (Å²) in [6, 6.07) is 3.74. The third kappa shape index (κ3) is 4.27. The van der Waals surface area contributed by atoms with Crippen molar-refractivity contribution in [2.24, 2.45) is 17.6 Å². The third-order valence-corrected chi connectivity index (χ3v) is 4.37. The van der Waals surface area contributed by atoms with E-state index in [9.17, 15) is 0 Å². The lowest BCUT2D eigenvalue weighted by atomic mass is 9.82. The zero-order chi connectivity index (χ0) is 15.4. The van der Waals surface area contributed by atoms with Gasteiger partial charge in [0.1, 0.15) is 0 Å². The van der Waals surface area contributed by atoms with E-state index in [-0.39, 0.29) is 6.10 Å². The molecule has 1 aliphatic carbocycles. The molecule has 0 radical (unpaired) electrons. The largest absolute Gasteiger partial charge is 0.493 e. The number of hydrogen-bond donors (Lipinski definition) is 1. The summed E-state index contributed by atoms with van der Waals surface area (Å²) in [5.74, 6) is 2.93. The average Bonchev–Trinajstić information content (AvgIpc) is 2.40. The summed E-state index contributed by atoms with van der Waals surface area (Å²) in [6.07, 6.45) is 4.46. The molecular formula is C17H26ClNO2. The average molecular weight is 312 g/mol. The Morgan fingerprint density at radius 1 is 1.19 bits per heavy atom. The number of methoxy groups -OCH3 is 1. The fourth-order valence-corrected chi connectivity index (χ4v) is 3.62. The third-order valence-electron chi connectivity index (χ3n) is 4.15. The van der Waals surface area contributed by atoms with Crippen molar-refractivity contribution in [1.82, 2.24) is 0 Å². The van der Waals surface area contributed by atoms with Crippen LogP contribution in [0.2, 0.25) is 5.02 Å². The van der Waals surface area contributed by atoms with Crippen LogP contribution in [0.1, 0.15) is 38.7 Å². The van der Waals surface area contributed by atoms with Gasteiger partial charge in [-0.15, -0.1) is 0 Å². The second-order valence-corrected chi connectivity index (χ2v) is 6.73. The lowest BCUT2D eigenvalue weighted by Gasteiger charge is -2.32. The molecule has 3 nitrogen and oxygen atoms in total. The number of benzene rings is 1. The Kier molecular flexibility index (Phi) is 5.77. The number of halogens is 1. The number of rotatable bonds is 5. The smallest absolute Gasteiger partial charge is 0.164 e. The molecular weight excluding hydrogens is 286 g/mol. The Morgan fingerprint density at radius 2 is 1.86 bits per heavy atom. The fraction of sp³-hybridized carbons (Fsp3) is 0.647. The van der Waals surface area contributed by atoms with E-state index in [4.69, 9.17) is 26.8 Å². The molecule has 0 amide bonds. The van der Waals surface area contributed by atoms with Crippen molar-refractivity contribution < 1.29 is 9.47 Å². The van der Waals surface area contributed by atoms with Crippen molar-refractivity contribution in [2.75, 3.05) is 13.7 Å². The van der Waals surface area contributed by atoms with Gasteiger partial charge in [0.2, 0.25) is 0 Å². The summed E-state index contributed by atoms with van der Waals surface area (Å²) in [6.45, 7) is 5.16. The van der Waals surface area contributed by atoms with Gasteiger partial charge in [-0.05, 0) is 50.1 Å². The fourth-order valence-electron chi connectivity index (χ4n) is 3.39. The van der Waals surface area contributed by atoms with Gasteiger partial charge < -0.3 is 15.2 Å². The summed E-state index contributed by atoms with van der Waals surface area (Å²) in [4.78, 5) is 0. The van der Waals surface area contributed by atoms with E-state index >= 15 is 0 Å². The first-order valence-electron chi connectivity index (χ1n) is 7.76. The quantitative estimate of drug-likeness (QED) is 0.892. The summed E-state index contributed by atoms with van der Waals surface area (Å²) >= 11 is 6.15. The SMILES string of the molecule is COc1cc(Cl)cc(CCN)c1OC1CC(C)CC(C)C1. The molecule has 4 heteroatoms. The van der Waals surface area contributed by atoms with Gasteiger partial charge in [0, 0.05) is 16.7 Å². The Labute approximate surface area is 132 Å². The molecule has 1 fully saturated rings. The number of nitrogens with two attached hydrogens (primary N) is 1. The highest BCUT2D eigenvalue weighted by molar-refractivity contribution is 6.30. The van der Waals surface area contributed by atoms with Crippen molar-refractivity contribution in [3.63, 3.8) is 0 Å². The zero-order valence-corrected chi connectivity index (χ0v) is 14.0. The molecule has 1 aromatic rings. The highest BCUT2D eigenvalue weighted by Gasteiger charge is 2.27. The number of ether oxygens (including phenoxy) is 2. The maximum atomic E-state index is 6.32. The summed E-state index contributed by atoms with van der Waals surface area (Å²) in [7, 11) is 1.65. The van der Waals surface area contributed by atoms with E-state index in [1.54, 1.807) is 7.11 Å². The second-order valence-electron chi connectivity index (χ2n) is 6.29. The van der Waals surface area contributed by atoms with Crippen LogP contribution in [0.4, 0.5) is 0 Å². The van der Waals surface area contributed by atoms with E-state index in [2.05, 4.69) is 13.8 Å². The lowest BCUT2D eigenvalue weighted by molar-refractivity contribution is 0.0970. The molecule has 0 heterocycles. The topological polar surface area (TPSA) is 44.5 Å². The molecule has 0 bridgehead atoms. The first-order chi connectivity index (χ1) is 10.0. The molecule has 2 rings (SSSR count). The first-order valence-corrected chi connectivity index (χ1v) is 8.14. The summed E-state index contributed by atoms with van der Waals surface area (Å²) < 4.78 is 11.8. The van der Waals surface area contributed by atoms with Crippen LogP contribution < -0.4 is 15.2 Å². The van der Waals surface area contributed by atoms with Gasteiger partial charge in [0.05, 0.1) is 13.2 Å². The van der Waals surface area contributed by atoms with Crippen LogP contribution in [0.25, 0.3) is 0 Å². The van der Waals surface area contributed by atoms with E-state index in [0.717, 1.165) is 30.6 Å². The van der Waals surface area contributed by atoms with Gasteiger partial charge >= 0.3 is 0 Å². The van der Waals surface area contributed by atoms with Crippen molar-refractivity contribution in [3.8, 4) is 11.5 Å². The predicted octanol–water partition coefficient (Wildman–Crippen LogP) is 4.05. The van der Waals surface area contributed by atoms with Crippen LogP contribution in [-0.2, 0) is 6.42 Å². The van der Waals surface area contributed by atoms with Crippen molar-refractivity contribution in [1.29, 1.82) is 0 Å². The highest BCUT2D eigenvalue weighted by Crippen LogP contribution is 2.38. The Morgan fingerprint density at radius 3 is 2.43 bits per heavy atom. The Hall–Kier alpha value is -0.930. The van der Waals surface area contributed by atoms with Gasteiger partial charge in [0.15, 0.2) is 11.5 Å². The molecule has 21 heavy (non-hydrogen) atoms. The van der Waals surface area contributed by atoms with Crippen molar-refractivity contribution >= 4 is 11.6 Å². The van der Waals surface area contributed by atoms with Gasteiger partial charge in [-0.3, -0.25) is 0 Å². The second kappa shape index (κ2) is 7.37. The predicted molar refractivity (Wildman–Crippen MR) is 87.4 cm³/mol. The molecule has 118 valence electrons. The molecule has 1 saturated carbocycles. The zero-order valence-electron chi connectivity index (χ0n) is 13.2. The van der Waals surface area contributed by atoms with Crippen LogP contribution in [-0.4, -0.2) is 19.8 Å². The van der Waals surface area contributed by atoms with Gasteiger partial charge in [-0.25, -0.2) is 0 Å². The van der Waals surface area contributed by atoms with Crippen molar-refractivity contribution in [3.05, 3.63) is 22.7 Å². The molecule has 0 saturated heterocycles. The van der Waals surface area contributed by atoms with Crippen LogP contribution in [0.15, 0.2) is 12.1 Å². The standard InChI is InChI=1S/C17H26ClNO2/c1-11-6-12(2)8-15(7-11)21-17-13(4-5-19)9-14(18)10-16(17)20-3/h9-12,15H,4-8,19H2,1-3H3. The van der Waals surface area contributed by atoms with E-state index < -0.39 is 0 Å². The summed E-state index contributed by atoms with van der Waals surface area (Å²) in [5.41, 5.74) is 6.74. The van der Waals surface area contributed by atoms with Crippen LogP contribution in [0.3, 0.4) is 0 Å². The van der Waals surface area contributed by atoms with Gasteiger partial charge in [-0.2, -0.15) is 0 Å². The maximum absolute atomic E-state index is 6.32. The molecule has 1 aromatic carbocycles. The number of hydrogen-bond acceptors (Lipinski definition) is 3. The summed E-state index contributed by atoms with van der Waals surface area (Å²) in [5, 5.41) is 0.660.